The third-order valence-corrected chi connectivity index (χ3v) is 4.31. The number of methoxy groups -OCH3 is 1. The van der Waals surface area contributed by atoms with Crippen LogP contribution in [0, 0.1) is 0 Å². The van der Waals surface area contributed by atoms with Gasteiger partial charge in [-0.15, -0.1) is 0 Å². The Morgan fingerprint density at radius 1 is 1.33 bits per heavy atom. The van der Waals surface area contributed by atoms with E-state index in [0.29, 0.717) is 24.9 Å². The summed E-state index contributed by atoms with van der Waals surface area (Å²) in [5, 5.41) is 3.97. The number of carbonyl (C=O) groups excluding carboxylic acids is 1. The second-order valence-corrected chi connectivity index (χ2v) is 5.86. The SMILES string of the molecule is COc1ccc(/C=C/C(=O)N2CCC(c3cc(N)on3)CC2)cc1. The van der Waals surface area contributed by atoms with Gasteiger partial charge in [-0.05, 0) is 36.6 Å². The van der Waals surface area contributed by atoms with Crippen LogP contribution in [0.1, 0.15) is 30.0 Å². The highest BCUT2D eigenvalue weighted by Gasteiger charge is 2.24. The number of rotatable bonds is 4. The molecule has 1 aliphatic rings. The fourth-order valence-electron chi connectivity index (χ4n) is 2.88. The molecule has 2 heterocycles. The second kappa shape index (κ2) is 7.21. The molecule has 1 aromatic heterocycles. The molecule has 6 heteroatoms. The van der Waals surface area contributed by atoms with E-state index < -0.39 is 0 Å². The summed E-state index contributed by atoms with van der Waals surface area (Å²) in [6.07, 6.45) is 5.19. The average molecular weight is 327 g/mol. The van der Waals surface area contributed by atoms with Crippen molar-refractivity contribution in [3.05, 3.63) is 47.7 Å². The Morgan fingerprint density at radius 2 is 2.04 bits per heavy atom. The summed E-state index contributed by atoms with van der Waals surface area (Å²) in [5.74, 6) is 1.48. The monoisotopic (exact) mass is 327 g/mol. The Kier molecular flexibility index (Phi) is 4.84. The molecule has 2 aromatic rings. The number of carbonyl (C=O) groups is 1. The Hall–Kier alpha value is -2.76. The molecule has 0 atom stereocenters. The van der Waals surface area contributed by atoms with Crippen LogP contribution in [0.3, 0.4) is 0 Å². The van der Waals surface area contributed by atoms with Crippen LogP contribution in [0.15, 0.2) is 40.9 Å². The highest BCUT2D eigenvalue weighted by atomic mass is 16.5. The topological polar surface area (TPSA) is 81.6 Å². The minimum Gasteiger partial charge on any atom is -0.497 e. The first-order chi connectivity index (χ1) is 11.7. The first kappa shape index (κ1) is 16.1. The van der Waals surface area contributed by atoms with Gasteiger partial charge in [0.1, 0.15) is 5.75 Å². The molecule has 1 fully saturated rings. The van der Waals surface area contributed by atoms with Crippen molar-refractivity contribution in [3.63, 3.8) is 0 Å². The van der Waals surface area contributed by atoms with Gasteiger partial charge in [0.25, 0.3) is 0 Å². The van der Waals surface area contributed by atoms with Crippen LogP contribution >= 0.6 is 0 Å². The molecule has 6 nitrogen and oxygen atoms in total. The lowest BCUT2D eigenvalue weighted by atomic mass is 9.93. The van der Waals surface area contributed by atoms with Gasteiger partial charge in [0, 0.05) is 31.1 Å². The zero-order chi connectivity index (χ0) is 16.9. The number of nitrogen functional groups attached to an aromatic ring is 1. The van der Waals surface area contributed by atoms with E-state index in [1.807, 2.05) is 35.2 Å². The van der Waals surface area contributed by atoms with E-state index in [1.165, 1.54) is 0 Å². The zero-order valence-corrected chi connectivity index (χ0v) is 13.6. The average Bonchev–Trinajstić information content (AvgIpc) is 3.06. The van der Waals surface area contributed by atoms with Gasteiger partial charge >= 0.3 is 0 Å². The number of aromatic nitrogens is 1. The lowest BCUT2D eigenvalue weighted by molar-refractivity contribution is -0.126. The molecule has 1 aromatic carbocycles. The van der Waals surface area contributed by atoms with E-state index in [2.05, 4.69) is 5.16 Å². The maximum atomic E-state index is 12.3. The maximum Gasteiger partial charge on any atom is 0.246 e. The van der Waals surface area contributed by atoms with E-state index >= 15 is 0 Å². The number of ether oxygens (including phenoxy) is 1. The Labute approximate surface area is 140 Å². The molecule has 3 rings (SSSR count). The number of benzene rings is 1. The standard InChI is InChI=1S/C18H21N3O3/c1-23-15-5-2-13(3-6-15)4-7-18(22)21-10-8-14(9-11-21)16-12-17(19)24-20-16/h2-7,12,14H,8-11,19H2,1H3/b7-4+. The molecule has 0 bridgehead atoms. The summed E-state index contributed by atoms with van der Waals surface area (Å²) >= 11 is 0. The van der Waals surface area contributed by atoms with Crippen LogP contribution in [0.4, 0.5) is 5.88 Å². The van der Waals surface area contributed by atoms with Crippen molar-refractivity contribution in [2.24, 2.45) is 0 Å². The fraction of sp³-hybridized carbons (Fsp3) is 0.333. The van der Waals surface area contributed by atoms with Crippen molar-refractivity contribution in [2.75, 3.05) is 25.9 Å². The zero-order valence-electron chi connectivity index (χ0n) is 13.6. The van der Waals surface area contributed by atoms with Gasteiger partial charge in [0.15, 0.2) is 0 Å². The summed E-state index contributed by atoms with van der Waals surface area (Å²) in [7, 11) is 1.63. The number of hydrogen-bond acceptors (Lipinski definition) is 5. The molecule has 0 spiro atoms. The van der Waals surface area contributed by atoms with Crippen molar-refractivity contribution in [1.29, 1.82) is 0 Å². The summed E-state index contributed by atoms with van der Waals surface area (Å²) in [5.41, 5.74) is 7.42. The summed E-state index contributed by atoms with van der Waals surface area (Å²) in [4.78, 5) is 14.2. The number of anilines is 1. The van der Waals surface area contributed by atoms with Gasteiger partial charge in [-0.3, -0.25) is 4.79 Å². The molecule has 1 amide bonds. The summed E-state index contributed by atoms with van der Waals surface area (Å²) in [6.45, 7) is 1.42. The molecular formula is C18H21N3O3. The normalized spacial score (nSPS) is 15.8. The molecule has 1 aliphatic heterocycles. The van der Waals surface area contributed by atoms with Gasteiger partial charge in [0.05, 0.1) is 12.8 Å². The van der Waals surface area contributed by atoms with Crippen molar-refractivity contribution in [1.82, 2.24) is 10.1 Å². The van der Waals surface area contributed by atoms with Crippen molar-refractivity contribution >= 4 is 17.9 Å². The molecule has 0 aliphatic carbocycles. The minimum absolute atomic E-state index is 0.0314. The minimum atomic E-state index is 0.0314. The first-order valence-electron chi connectivity index (χ1n) is 7.99. The quantitative estimate of drug-likeness (QED) is 0.873. The van der Waals surface area contributed by atoms with Crippen LogP contribution in [0.25, 0.3) is 6.08 Å². The van der Waals surface area contributed by atoms with E-state index in [1.54, 1.807) is 19.3 Å². The van der Waals surface area contributed by atoms with E-state index in [4.69, 9.17) is 15.0 Å². The number of piperidine rings is 1. The van der Waals surface area contributed by atoms with Crippen molar-refractivity contribution in [3.8, 4) is 5.75 Å². The van der Waals surface area contributed by atoms with Crippen LogP contribution in [-0.2, 0) is 4.79 Å². The predicted molar refractivity (Wildman–Crippen MR) is 91.5 cm³/mol. The van der Waals surface area contributed by atoms with Gasteiger partial charge in [-0.25, -0.2) is 0 Å². The molecule has 0 radical (unpaired) electrons. The molecular weight excluding hydrogens is 306 g/mol. The third kappa shape index (κ3) is 3.76. The highest BCUT2D eigenvalue weighted by molar-refractivity contribution is 5.91. The summed E-state index contributed by atoms with van der Waals surface area (Å²) in [6, 6.07) is 9.36. The molecule has 0 saturated carbocycles. The number of nitrogens with zero attached hydrogens (tertiary/aromatic N) is 2. The third-order valence-electron chi connectivity index (χ3n) is 4.31. The number of amides is 1. The molecule has 126 valence electrons. The molecule has 1 saturated heterocycles. The molecule has 0 unspecified atom stereocenters. The number of likely N-dealkylation sites (tertiary alicyclic amines) is 1. The van der Waals surface area contributed by atoms with Crippen molar-refractivity contribution in [2.45, 2.75) is 18.8 Å². The maximum absolute atomic E-state index is 12.3. The smallest absolute Gasteiger partial charge is 0.246 e. The first-order valence-corrected chi connectivity index (χ1v) is 7.99. The van der Waals surface area contributed by atoms with E-state index in [0.717, 1.165) is 29.8 Å². The summed E-state index contributed by atoms with van der Waals surface area (Å²) < 4.78 is 10.0. The van der Waals surface area contributed by atoms with Gasteiger partial charge in [0.2, 0.25) is 11.8 Å². The Balaban J connectivity index is 1.53. The second-order valence-electron chi connectivity index (χ2n) is 5.86. The van der Waals surface area contributed by atoms with Gasteiger partial charge in [-0.1, -0.05) is 17.3 Å². The molecule has 2 N–H and O–H groups in total. The van der Waals surface area contributed by atoms with Crippen molar-refractivity contribution < 1.29 is 14.1 Å². The van der Waals surface area contributed by atoms with Crippen LogP contribution in [-0.4, -0.2) is 36.2 Å². The van der Waals surface area contributed by atoms with Gasteiger partial charge in [-0.2, -0.15) is 0 Å². The van der Waals surface area contributed by atoms with Crippen LogP contribution in [0.5, 0.6) is 5.75 Å². The van der Waals surface area contributed by atoms with E-state index in [-0.39, 0.29) is 5.91 Å². The van der Waals surface area contributed by atoms with E-state index in [9.17, 15) is 4.79 Å². The Bertz CT molecular complexity index is 713. The fourth-order valence-corrected chi connectivity index (χ4v) is 2.88. The van der Waals surface area contributed by atoms with Gasteiger partial charge < -0.3 is 19.9 Å². The number of hydrogen-bond donors (Lipinski definition) is 1. The largest absolute Gasteiger partial charge is 0.497 e. The Morgan fingerprint density at radius 3 is 2.62 bits per heavy atom. The number of nitrogens with two attached hydrogens (primary N) is 1. The predicted octanol–water partition coefficient (Wildman–Crippen LogP) is 2.68. The van der Waals surface area contributed by atoms with Crippen LogP contribution in [0.2, 0.25) is 0 Å². The lowest BCUT2D eigenvalue weighted by Crippen LogP contribution is -2.36. The van der Waals surface area contributed by atoms with Crippen LogP contribution < -0.4 is 10.5 Å². The molecule has 24 heavy (non-hydrogen) atoms. The lowest BCUT2D eigenvalue weighted by Gasteiger charge is -2.30. The highest BCUT2D eigenvalue weighted by Crippen LogP contribution is 2.28.